The minimum atomic E-state index is -0.289. The van der Waals surface area contributed by atoms with Crippen LogP contribution in [0.4, 0.5) is 9.59 Å². The van der Waals surface area contributed by atoms with E-state index in [1.165, 1.54) is 7.11 Å². The number of carbonyl (C=O) groups is 2. The number of cyclic esters (lactones) is 1. The Bertz CT molecular complexity index is 287. The van der Waals surface area contributed by atoms with Crippen LogP contribution in [0.1, 0.15) is 12.8 Å². The van der Waals surface area contributed by atoms with E-state index in [0.717, 1.165) is 12.8 Å². The maximum absolute atomic E-state index is 11.3. The molecule has 90 valence electrons. The van der Waals surface area contributed by atoms with Crippen molar-refractivity contribution in [1.29, 1.82) is 0 Å². The van der Waals surface area contributed by atoms with Crippen LogP contribution >= 0.6 is 0 Å². The Labute approximate surface area is 94.1 Å². The van der Waals surface area contributed by atoms with Crippen LogP contribution in [0.25, 0.3) is 0 Å². The van der Waals surface area contributed by atoms with E-state index in [4.69, 9.17) is 4.74 Å². The monoisotopic (exact) mass is 228 g/mol. The first-order valence-electron chi connectivity index (χ1n) is 5.48. The topological polar surface area (TPSA) is 59.1 Å². The first kappa shape index (κ1) is 11.0. The summed E-state index contributed by atoms with van der Waals surface area (Å²) in [7, 11) is 1.38. The van der Waals surface area contributed by atoms with E-state index in [0.29, 0.717) is 26.2 Å². The highest BCUT2D eigenvalue weighted by Crippen LogP contribution is 2.20. The summed E-state index contributed by atoms with van der Waals surface area (Å²) in [5, 5.41) is 0. The summed E-state index contributed by atoms with van der Waals surface area (Å²) in [4.78, 5) is 26.0. The van der Waals surface area contributed by atoms with Crippen molar-refractivity contribution in [3.05, 3.63) is 0 Å². The van der Waals surface area contributed by atoms with E-state index in [2.05, 4.69) is 4.74 Å². The molecular formula is C10H16N2O4. The Balaban J connectivity index is 1.85. The second kappa shape index (κ2) is 4.59. The van der Waals surface area contributed by atoms with Gasteiger partial charge in [-0.25, -0.2) is 9.59 Å². The van der Waals surface area contributed by atoms with Gasteiger partial charge in [-0.15, -0.1) is 0 Å². The molecule has 0 atom stereocenters. The molecule has 2 fully saturated rings. The van der Waals surface area contributed by atoms with Crippen LogP contribution < -0.4 is 0 Å². The first-order valence-corrected chi connectivity index (χ1v) is 5.48. The van der Waals surface area contributed by atoms with E-state index in [1.54, 1.807) is 9.80 Å². The lowest BCUT2D eigenvalue weighted by atomic mass is 10.0. The maximum atomic E-state index is 11.3. The van der Waals surface area contributed by atoms with Gasteiger partial charge in [0, 0.05) is 19.1 Å². The maximum Gasteiger partial charge on any atom is 0.410 e. The molecule has 0 unspecified atom stereocenters. The molecule has 0 saturated carbocycles. The van der Waals surface area contributed by atoms with Crippen molar-refractivity contribution in [2.75, 3.05) is 33.4 Å². The van der Waals surface area contributed by atoms with Crippen LogP contribution in [0.3, 0.4) is 0 Å². The summed E-state index contributed by atoms with van der Waals surface area (Å²) in [6.07, 6.45) is 1.08. The van der Waals surface area contributed by atoms with Crippen LogP contribution in [0.2, 0.25) is 0 Å². The number of rotatable bonds is 1. The van der Waals surface area contributed by atoms with E-state index < -0.39 is 0 Å². The van der Waals surface area contributed by atoms with E-state index in [9.17, 15) is 9.59 Å². The molecule has 2 aliphatic heterocycles. The van der Waals surface area contributed by atoms with Gasteiger partial charge in [-0.2, -0.15) is 0 Å². The van der Waals surface area contributed by atoms with Crippen LogP contribution in [0, 0.1) is 0 Å². The molecule has 2 heterocycles. The molecule has 0 aromatic heterocycles. The molecule has 0 spiro atoms. The molecule has 0 aromatic carbocycles. The number of methoxy groups -OCH3 is 1. The fraction of sp³-hybridized carbons (Fsp3) is 0.800. The third-order valence-corrected chi connectivity index (χ3v) is 3.13. The Kier molecular flexibility index (Phi) is 3.17. The number of likely N-dealkylation sites (tertiary alicyclic amines) is 1. The standard InChI is InChI=1S/C10H16N2O4/c1-15-9(13)11-4-2-8(3-5-11)12-6-7-16-10(12)14/h8H,2-7H2,1H3. The molecular weight excluding hydrogens is 212 g/mol. The van der Waals surface area contributed by atoms with Gasteiger partial charge < -0.3 is 19.3 Å². The van der Waals surface area contributed by atoms with Gasteiger partial charge >= 0.3 is 12.2 Å². The number of carbonyl (C=O) groups excluding carboxylic acids is 2. The van der Waals surface area contributed by atoms with Crippen molar-refractivity contribution >= 4 is 12.2 Å². The Morgan fingerprint density at radius 3 is 2.56 bits per heavy atom. The molecule has 6 heteroatoms. The van der Waals surface area contributed by atoms with Crippen LogP contribution in [0.5, 0.6) is 0 Å². The number of hydrogen-bond donors (Lipinski definition) is 0. The van der Waals surface area contributed by atoms with Crippen LogP contribution in [-0.4, -0.2) is 61.4 Å². The average molecular weight is 228 g/mol. The van der Waals surface area contributed by atoms with Crippen molar-refractivity contribution in [3.8, 4) is 0 Å². The number of hydrogen-bond acceptors (Lipinski definition) is 4. The normalized spacial score (nSPS) is 22.2. The Morgan fingerprint density at radius 2 is 2.06 bits per heavy atom. The number of piperidine rings is 1. The van der Waals surface area contributed by atoms with Gasteiger partial charge in [0.05, 0.1) is 13.7 Å². The molecule has 2 amide bonds. The molecule has 0 aromatic rings. The predicted octanol–water partition coefficient (Wildman–Crippen LogP) is 0.669. The lowest BCUT2D eigenvalue weighted by molar-refractivity contribution is 0.0929. The third kappa shape index (κ3) is 2.05. The molecule has 0 aliphatic carbocycles. The molecule has 16 heavy (non-hydrogen) atoms. The van der Waals surface area contributed by atoms with Crippen molar-refractivity contribution in [3.63, 3.8) is 0 Å². The SMILES string of the molecule is COC(=O)N1CCC(N2CCOC2=O)CC1. The molecule has 0 radical (unpaired) electrons. The van der Waals surface area contributed by atoms with E-state index >= 15 is 0 Å². The zero-order chi connectivity index (χ0) is 11.5. The molecule has 0 bridgehead atoms. The zero-order valence-electron chi connectivity index (χ0n) is 9.35. The quantitative estimate of drug-likeness (QED) is 0.662. The summed E-state index contributed by atoms with van der Waals surface area (Å²) in [5.41, 5.74) is 0. The number of nitrogens with zero attached hydrogens (tertiary/aromatic N) is 2. The van der Waals surface area contributed by atoms with E-state index in [-0.39, 0.29) is 18.2 Å². The highest BCUT2D eigenvalue weighted by atomic mass is 16.6. The predicted molar refractivity (Wildman–Crippen MR) is 55.1 cm³/mol. The zero-order valence-corrected chi connectivity index (χ0v) is 9.35. The van der Waals surface area contributed by atoms with Gasteiger partial charge in [0.15, 0.2) is 0 Å². The fourth-order valence-electron chi connectivity index (χ4n) is 2.23. The largest absolute Gasteiger partial charge is 0.453 e. The van der Waals surface area contributed by atoms with Crippen molar-refractivity contribution < 1.29 is 19.1 Å². The van der Waals surface area contributed by atoms with Crippen LogP contribution in [0.15, 0.2) is 0 Å². The smallest absolute Gasteiger partial charge is 0.410 e. The Hall–Kier alpha value is -1.46. The van der Waals surface area contributed by atoms with Crippen molar-refractivity contribution in [2.24, 2.45) is 0 Å². The van der Waals surface area contributed by atoms with Crippen LogP contribution in [-0.2, 0) is 9.47 Å². The summed E-state index contributed by atoms with van der Waals surface area (Å²) in [6.45, 7) is 2.43. The van der Waals surface area contributed by atoms with Gasteiger partial charge in [0.2, 0.25) is 0 Å². The lowest BCUT2D eigenvalue weighted by Gasteiger charge is -2.34. The highest BCUT2D eigenvalue weighted by Gasteiger charge is 2.33. The van der Waals surface area contributed by atoms with Gasteiger partial charge in [0.25, 0.3) is 0 Å². The van der Waals surface area contributed by atoms with Gasteiger partial charge in [-0.05, 0) is 12.8 Å². The fourth-order valence-corrected chi connectivity index (χ4v) is 2.23. The van der Waals surface area contributed by atoms with Crippen molar-refractivity contribution in [1.82, 2.24) is 9.80 Å². The first-order chi connectivity index (χ1) is 7.72. The summed E-state index contributed by atoms with van der Waals surface area (Å²) in [6, 6.07) is 0.205. The molecule has 2 saturated heterocycles. The average Bonchev–Trinajstić information content (AvgIpc) is 2.75. The number of amides is 2. The summed E-state index contributed by atoms with van der Waals surface area (Å²) in [5.74, 6) is 0. The van der Waals surface area contributed by atoms with Crippen molar-refractivity contribution in [2.45, 2.75) is 18.9 Å². The third-order valence-electron chi connectivity index (χ3n) is 3.13. The number of ether oxygens (including phenoxy) is 2. The lowest BCUT2D eigenvalue weighted by Crippen LogP contribution is -2.47. The second-order valence-corrected chi connectivity index (χ2v) is 4.00. The van der Waals surface area contributed by atoms with Gasteiger partial charge in [-0.3, -0.25) is 0 Å². The second-order valence-electron chi connectivity index (χ2n) is 4.00. The molecule has 2 aliphatic rings. The molecule has 0 N–H and O–H groups in total. The molecule has 2 rings (SSSR count). The summed E-state index contributed by atoms with van der Waals surface area (Å²) >= 11 is 0. The Morgan fingerprint density at radius 1 is 1.38 bits per heavy atom. The highest BCUT2D eigenvalue weighted by molar-refractivity contribution is 5.70. The van der Waals surface area contributed by atoms with Gasteiger partial charge in [-0.1, -0.05) is 0 Å². The minimum absolute atomic E-state index is 0.205. The van der Waals surface area contributed by atoms with Gasteiger partial charge in [0.1, 0.15) is 6.61 Å². The molecule has 6 nitrogen and oxygen atoms in total. The van der Waals surface area contributed by atoms with E-state index in [1.807, 2.05) is 0 Å². The summed E-state index contributed by atoms with van der Waals surface area (Å²) < 4.78 is 9.55. The minimum Gasteiger partial charge on any atom is -0.453 e.